The molecule has 0 saturated carbocycles. The van der Waals surface area contributed by atoms with Gasteiger partial charge in [0.2, 0.25) is 5.91 Å². The number of nitrogens with two attached hydrogens (primary N) is 1. The zero-order valence-electron chi connectivity index (χ0n) is 8.78. The van der Waals surface area contributed by atoms with Crippen LogP contribution < -0.4 is 11.3 Å². The van der Waals surface area contributed by atoms with Gasteiger partial charge in [0.15, 0.2) is 5.16 Å². The van der Waals surface area contributed by atoms with Crippen LogP contribution in [0, 0.1) is 6.92 Å². The number of fused-ring (bicyclic) bond motifs is 1. The minimum absolute atomic E-state index is 0.221. The first-order valence-corrected chi connectivity index (χ1v) is 5.76. The predicted octanol–water partition coefficient (Wildman–Crippen LogP) is 0.953. The van der Waals surface area contributed by atoms with Crippen molar-refractivity contribution >= 4 is 28.7 Å². The van der Waals surface area contributed by atoms with Crippen LogP contribution in [0.3, 0.4) is 0 Å². The minimum atomic E-state index is -0.221. The van der Waals surface area contributed by atoms with E-state index in [1.165, 1.54) is 17.3 Å². The number of hydrogen-bond acceptors (Lipinski definition) is 4. The fourth-order valence-electron chi connectivity index (χ4n) is 1.34. The molecule has 0 spiro atoms. The summed E-state index contributed by atoms with van der Waals surface area (Å²) < 4.78 is 0. The molecule has 5 nitrogen and oxygen atoms in total. The van der Waals surface area contributed by atoms with Crippen LogP contribution in [-0.4, -0.2) is 21.6 Å². The molecule has 1 heterocycles. The summed E-state index contributed by atoms with van der Waals surface area (Å²) in [6.07, 6.45) is 0. The van der Waals surface area contributed by atoms with Crippen molar-refractivity contribution in [1.82, 2.24) is 15.4 Å². The van der Waals surface area contributed by atoms with Gasteiger partial charge in [0.25, 0.3) is 0 Å². The molecule has 6 heteroatoms. The summed E-state index contributed by atoms with van der Waals surface area (Å²) in [5.74, 6) is 5.03. The van der Waals surface area contributed by atoms with Gasteiger partial charge in [-0.15, -0.1) is 0 Å². The van der Waals surface area contributed by atoms with Crippen molar-refractivity contribution in [2.75, 3.05) is 5.75 Å². The molecule has 1 aromatic carbocycles. The molecule has 1 amide bonds. The third kappa shape index (κ3) is 2.34. The van der Waals surface area contributed by atoms with Gasteiger partial charge in [0.05, 0.1) is 16.8 Å². The van der Waals surface area contributed by atoms with Crippen LogP contribution in [0.15, 0.2) is 23.4 Å². The molecule has 4 N–H and O–H groups in total. The lowest BCUT2D eigenvalue weighted by Gasteiger charge is -1.95. The molecule has 0 saturated heterocycles. The molecular weight excluding hydrogens is 224 g/mol. The molecule has 0 aliphatic rings. The highest BCUT2D eigenvalue weighted by molar-refractivity contribution is 7.99. The van der Waals surface area contributed by atoms with E-state index in [0.717, 1.165) is 16.2 Å². The summed E-state index contributed by atoms with van der Waals surface area (Å²) in [7, 11) is 0. The van der Waals surface area contributed by atoms with Gasteiger partial charge in [-0.05, 0) is 24.6 Å². The van der Waals surface area contributed by atoms with Crippen LogP contribution in [-0.2, 0) is 4.79 Å². The van der Waals surface area contributed by atoms with Crippen molar-refractivity contribution in [2.45, 2.75) is 12.1 Å². The summed E-state index contributed by atoms with van der Waals surface area (Å²) in [5, 5.41) is 0.726. The highest BCUT2D eigenvalue weighted by atomic mass is 32.2. The van der Waals surface area contributed by atoms with Crippen LogP contribution in [0.1, 0.15) is 5.56 Å². The van der Waals surface area contributed by atoms with Gasteiger partial charge in [-0.3, -0.25) is 10.2 Å². The Hall–Kier alpha value is -1.53. The summed E-state index contributed by atoms with van der Waals surface area (Å²) in [4.78, 5) is 18.4. The van der Waals surface area contributed by atoms with Gasteiger partial charge >= 0.3 is 0 Å². The number of hydrazine groups is 1. The van der Waals surface area contributed by atoms with Gasteiger partial charge in [-0.1, -0.05) is 17.8 Å². The number of imidazole rings is 1. The predicted molar refractivity (Wildman–Crippen MR) is 63.9 cm³/mol. The molecule has 2 aromatic rings. The van der Waals surface area contributed by atoms with E-state index in [1.807, 2.05) is 25.1 Å². The highest BCUT2D eigenvalue weighted by Crippen LogP contribution is 2.19. The van der Waals surface area contributed by atoms with Crippen molar-refractivity contribution in [2.24, 2.45) is 5.84 Å². The van der Waals surface area contributed by atoms with Gasteiger partial charge in [0, 0.05) is 0 Å². The molecular formula is C10H12N4OS. The molecule has 0 fully saturated rings. The zero-order chi connectivity index (χ0) is 11.5. The molecule has 0 aliphatic heterocycles. The Bertz CT molecular complexity index is 523. The fraction of sp³-hybridized carbons (Fsp3) is 0.200. The monoisotopic (exact) mass is 236 g/mol. The Morgan fingerprint density at radius 3 is 3.19 bits per heavy atom. The molecule has 1 aromatic heterocycles. The molecule has 0 bridgehead atoms. The van der Waals surface area contributed by atoms with Crippen LogP contribution >= 0.6 is 11.8 Å². The summed E-state index contributed by atoms with van der Waals surface area (Å²) in [5.41, 5.74) is 5.14. The average molecular weight is 236 g/mol. The van der Waals surface area contributed by atoms with Crippen molar-refractivity contribution < 1.29 is 4.79 Å². The van der Waals surface area contributed by atoms with Crippen LogP contribution in [0.2, 0.25) is 0 Å². The van der Waals surface area contributed by atoms with Crippen LogP contribution in [0.5, 0.6) is 0 Å². The molecule has 0 unspecified atom stereocenters. The molecule has 16 heavy (non-hydrogen) atoms. The van der Waals surface area contributed by atoms with Gasteiger partial charge < -0.3 is 4.98 Å². The number of nitrogens with one attached hydrogen (secondary N) is 2. The lowest BCUT2D eigenvalue weighted by molar-refractivity contribution is -0.118. The summed E-state index contributed by atoms with van der Waals surface area (Å²) >= 11 is 1.33. The van der Waals surface area contributed by atoms with E-state index < -0.39 is 0 Å². The van der Waals surface area contributed by atoms with Crippen LogP contribution in [0.4, 0.5) is 0 Å². The lowest BCUT2D eigenvalue weighted by atomic mass is 10.2. The molecule has 2 rings (SSSR count). The number of carbonyl (C=O) groups excluding carboxylic acids is 1. The Kier molecular flexibility index (Phi) is 3.12. The number of hydrogen-bond donors (Lipinski definition) is 3. The van der Waals surface area contributed by atoms with E-state index in [0.29, 0.717) is 0 Å². The minimum Gasteiger partial charge on any atom is -0.333 e. The highest BCUT2D eigenvalue weighted by Gasteiger charge is 2.05. The van der Waals surface area contributed by atoms with E-state index in [4.69, 9.17) is 5.84 Å². The van der Waals surface area contributed by atoms with Crippen molar-refractivity contribution in [1.29, 1.82) is 0 Å². The van der Waals surface area contributed by atoms with Gasteiger partial charge in [0.1, 0.15) is 0 Å². The molecule has 84 valence electrons. The first kappa shape index (κ1) is 11.0. The Morgan fingerprint density at radius 1 is 1.62 bits per heavy atom. The van der Waals surface area contributed by atoms with E-state index in [2.05, 4.69) is 15.4 Å². The standard InChI is InChI=1S/C10H12N4OS/c1-6-2-3-7-8(4-6)13-10(12-7)16-5-9(15)14-11/h2-4H,5,11H2,1H3,(H,12,13)(H,14,15). The van der Waals surface area contributed by atoms with Crippen molar-refractivity contribution in [3.8, 4) is 0 Å². The van der Waals surface area contributed by atoms with Crippen molar-refractivity contribution in [3.63, 3.8) is 0 Å². The average Bonchev–Trinajstić information content (AvgIpc) is 2.67. The van der Waals surface area contributed by atoms with E-state index >= 15 is 0 Å². The second kappa shape index (κ2) is 4.54. The number of aromatic amines is 1. The number of carbonyl (C=O) groups is 1. The molecule has 0 aliphatic carbocycles. The Labute approximate surface area is 96.8 Å². The normalized spacial score (nSPS) is 10.6. The number of nitrogens with zero attached hydrogens (tertiary/aromatic N) is 1. The quantitative estimate of drug-likeness (QED) is 0.321. The third-order valence-corrected chi connectivity index (χ3v) is 2.99. The zero-order valence-corrected chi connectivity index (χ0v) is 9.60. The van der Waals surface area contributed by atoms with E-state index in [-0.39, 0.29) is 11.7 Å². The van der Waals surface area contributed by atoms with Crippen molar-refractivity contribution in [3.05, 3.63) is 23.8 Å². The Morgan fingerprint density at radius 2 is 2.44 bits per heavy atom. The van der Waals surface area contributed by atoms with Crippen LogP contribution in [0.25, 0.3) is 11.0 Å². The first-order valence-electron chi connectivity index (χ1n) is 4.77. The number of H-pyrrole nitrogens is 1. The third-order valence-electron chi connectivity index (χ3n) is 2.12. The smallest absolute Gasteiger partial charge is 0.244 e. The maximum atomic E-state index is 11.0. The van der Waals surface area contributed by atoms with Gasteiger partial charge in [-0.2, -0.15) is 0 Å². The number of aryl methyl sites for hydroxylation is 1. The second-order valence-corrected chi connectivity index (χ2v) is 4.38. The number of benzene rings is 1. The fourth-order valence-corrected chi connectivity index (χ4v) is 2.04. The maximum Gasteiger partial charge on any atom is 0.244 e. The Balaban J connectivity index is 2.16. The number of aromatic nitrogens is 2. The topological polar surface area (TPSA) is 83.8 Å². The lowest BCUT2D eigenvalue weighted by Crippen LogP contribution is -2.31. The number of amides is 1. The van der Waals surface area contributed by atoms with Gasteiger partial charge in [-0.25, -0.2) is 10.8 Å². The largest absolute Gasteiger partial charge is 0.333 e. The number of rotatable bonds is 3. The summed E-state index contributed by atoms with van der Waals surface area (Å²) in [6, 6.07) is 5.98. The van der Waals surface area contributed by atoms with E-state index in [1.54, 1.807) is 0 Å². The number of thioether (sulfide) groups is 1. The first-order chi connectivity index (χ1) is 7.69. The summed E-state index contributed by atoms with van der Waals surface area (Å²) in [6.45, 7) is 2.02. The molecule has 0 atom stereocenters. The van der Waals surface area contributed by atoms with E-state index in [9.17, 15) is 4.79 Å². The second-order valence-electron chi connectivity index (χ2n) is 3.42. The maximum absolute atomic E-state index is 11.0. The molecule has 0 radical (unpaired) electrons. The SMILES string of the molecule is Cc1ccc2nc(SCC(=O)NN)[nH]c2c1.